The minimum absolute atomic E-state index is 0.294. The fraction of sp³-hybridized carbons (Fsp3) is 0.350. The van der Waals surface area contributed by atoms with Gasteiger partial charge in [0.05, 0.1) is 29.4 Å². The molecule has 0 N–H and O–H groups in total. The topological polar surface area (TPSA) is 56.1 Å². The Morgan fingerprint density at radius 3 is 2.65 bits per heavy atom. The van der Waals surface area contributed by atoms with Gasteiger partial charge in [-0.25, -0.2) is 4.68 Å². The Morgan fingerprint density at radius 1 is 1.04 bits per heavy atom. The Kier molecular flexibility index (Phi) is 5.33. The Labute approximate surface area is 153 Å². The van der Waals surface area contributed by atoms with Gasteiger partial charge in [-0.15, -0.1) is 5.10 Å². The van der Waals surface area contributed by atoms with Crippen LogP contribution in [0.4, 0.5) is 0 Å². The number of hydrogen-bond acceptors (Lipinski definition) is 5. The van der Waals surface area contributed by atoms with E-state index in [0.717, 1.165) is 56.2 Å². The number of nitrogens with zero attached hydrogens (tertiary/aromatic N) is 5. The van der Waals surface area contributed by atoms with E-state index in [1.165, 1.54) is 0 Å². The average molecular weight is 349 g/mol. The summed E-state index contributed by atoms with van der Waals surface area (Å²) in [6.45, 7) is 3.25. The Hall–Kier alpha value is -2.57. The molecular formula is C20H23N5O. The third kappa shape index (κ3) is 4.33. The lowest BCUT2D eigenvalue weighted by molar-refractivity contribution is 0.0670. The summed E-state index contributed by atoms with van der Waals surface area (Å²) >= 11 is 0. The maximum absolute atomic E-state index is 5.83. The van der Waals surface area contributed by atoms with E-state index in [1.54, 1.807) is 0 Å². The molecule has 0 amide bonds. The van der Waals surface area contributed by atoms with Crippen LogP contribution in [0.5, 0.6) is 0 Å². The minimum atomic E-state index is 0.294. The molecule has 3 aromatic rings. The molecule has 0 spiro atoms. The summed E-state index contributed by atoms with van der Waals surface area (Å²) in [5, 5.41) is 8.63. The fourth-order valence-corrected chi connectivity index (χ4v) is 3.29. The van der Waals surface area contributed by atoms with E-state index in [9.17, 15) is 0 Å². The van der Waals surface area contributed by atoms with Gasteiger partial charge >= 0.3 is 0 Å². The van der Waals surface area contributed by atoms with Gasteiger partial charge in [0.15, 0.2) is 0 Å². The first-order chi connectivity index (χ1) is 12.9. The first-order valence-corrected chi connectivity index (χ1v) is 9.07. The zero-order valence-corrected chi connectivity index (χ0v) is 14.7. The van der Waals surface area contributed by atoms with Gasteiger partial charge in [-0.1, -0.05) is 29.5 Å². The number of aromatic nitrogens is 4. The Morgan fingerprint density at radius 2 is 1.88 bits per heavy atom. The van der Waals surface area contributed by atoms with Gasteiger partial charge < -0.3 is 4.74 Å². The molecule has 0 aliphatic carbocycles. The molecule has 0 saturated carbocycles. The monoisotopic (exact) mass is 349 g/mol. The smallest absolute Gasteiger partial charge is 0.0972 e. The van der Waals surface area contributed by atoms with Crippen LogP contribution in [0.25, 0.3) is 5.69 Å². The first-order valence-electron chi connectivity index (χ1n) is 9.07. The van der Waals surface area contributed by atoms with Crippen LogP contribution in [0, 0.1) is 0 Å². The number of benzene rings is 1. The summed E-state index contributed by atoms with van der Waals surface area (Å²) in [5.41, 5.74) is 3.02. The molecule has 1 atom stereocenters. The predicted molar refractivity (Wildman–Crippen MR) is 98.7 cm³/mol. The molecule has 0 bridgehead atoms. The van der Waals surface area contributed by atoms with Gasteiger partial charge in [0.2, 0.25) is 0 Å². The lowest BCUT2D eigenvalue weighted by Crippen LogP contribution is -2.31. The van der Waals surface area contributed by atoms with Crippen molar-refractivity contribution < 1.29 is 4.74 Å². The van der Waals surface area contributed by atoms with Crippen molar-refractivity contribution in [3.8, 4) is 5.69 Å². The zero-order chi connectivity index (χ0) is 17.6. The molecule has 1 saturated heterocycles. The maximum Gasteiger partial charge on any atom is 0.0972 e. The van der Waals surface area contributed by atoms with Crippen LogP contribution < -0.4 is 0 Å². The van der Waals surface area contributed by atoms with Crippen molar-refractivity contribution in [3.05, 3.63) is 72.3 Å². The van der Waals surface area contributed by atoms with Gasteiger partial charge in [-0.3, -0.25) is 9.88 Å². The largest absolute Gasteiger partial charge is 0.377 e. The van der Waals surface area contributed by atoms with E-state index < -0.39 is 0 Å². The van der Waals surface area contributed by atoms with Gasteiger partial charge in [0, 0.05) is 32.4 Å². The molecule has 2 aromatic heterocycles. The average Bonchev–Trinajstić information content (AvgIpc) is 3.35. The number of ether oxygens (including phenoxy) is 1. The van der Waals surface area contributed by atoms with Crippen LogP contribution in [0.2, 0.25) is 0 Å². The highest BCUT2D eigenvalue weighted by Crippen LogP contribution is 2.16. The van der Waals surface area contributed by atoms with E-state index in [-0.39, 0.29) is 0 Å². The molecule has 1 aromatic carbocycles. The lowest BCUT2D eigenvalue weighted by Gasteiger charge is -2.23. The number of para-hydroxylation sites is 1. The lowest BCUT2D eigenvalue weighted by atomic mass is 10.2. The first kappa shape index (κ1) is 16.9. The van der Waals surface area contributed by atoms with Gasteiger partial charge in [0.25, 0.3) is 0 Å². The normalized spacial score (nSPS) is 17.0. The van der Waals surface area contributed by atoms with Gasteiger partial charge in [-0.05, 0) is 37.1 Å². The highest BCUT2D eigenvalue weighted by atomic mass is 16.5. The van der Waals surface area contributed by atoms with Gasteiger partial charge in [-0.2, -0.15) is 0 Å². The second kappa shape index (κ2) is 8.21. The third-order valence-corrected chi connectivity index (χ3v) is 4.54. The van der Waals surface area contributed by atoms with Crippen LogP contribution >= 0.6 is 0 Å². The number of hydrogen-bond donors (Lipinski definition) is 0. The van der Waals surface area contributed by atoms with Crippen molar-refractivity contribution in [2.75, 3.05) is 13.2 Å². The van der Waals surface area contributed by atoms with Crippen LogP contribution in [0.3, 0.4) is 0 Å². The molecule has 0 radical (unpaired) electrons. The highest BCUT2D eigenvalue weighted by Gasteiger charge is 2.20. The summed E-state index contributed by atoms with van der Waals surface area (Å²) in [5.74, 6) is 0. The van der Waals surface area contributed by atoms with Crippen molar-refractivity contribution in [2.24, 2.45) is 0 Å². The van der Waals surface area contributed by atoms with Crippen molar-refractivity contribution >= 4 is 0 Å². The summed E-state index contributed by atoms with van der Waals surface area (Å²) in [4.78, 5) is 6.81. The van der Waals surface area contributed by atoms with Crippen LogP contribution in [-0.4, -0.2) is 44.1 Å². The van der Waals surface area contributed by atoms with Crippen LogP contribution in [-0.2, 0) is 17.8 Å². The van der Waals surface area contributed by atoms with Crippen molar-refractivity contribution in [1.82, 2.24) is 24.9 Å². The second-order valence-corrected chi connectivity index (χ2v) is 6.62. The minimum Gasteiger partial charge on any atom is -0.377 e. The number of rotatable bonds is 7. The molecule has 6 heteroatoms. The summed E-state index contributed by atoms with van der Waals surface area (Å²) in [6.07, 6.45) is 6.39. The standard InChI is InChI=1S/C20H23N5O/c1-2-8-19(9-3-1)25-15-18(22-23-25)14-24(16-20-10-6-12-26-20)13-17-7-4-5-11-21-17/h1-5,7-9,11,15,20H,6,10,12-14,16H2. The fourth-order valence-electron chi connectivity index (χ4n) is 3.29. The molecule has 1 fully saturated rings. The van der Waals surface area contributed by atoms with Crippen LogP contribution in [0.15, 0.2) is 60.9 Å². The van der Waals surface area contributed by atoms with Crippen molar-refractivity contribution in [1.29, 1.82) is 0 Å². The molecular weight excluding hydrogens is 326 g/mol. The van der Waals surface area contributed by atoms with E-state index in [4.69, 9.17) is 4.74 Å². The van der Waals surface area contributed by atoms with E-state index in [2.05, 4.69) is 26.3 Å². The molecule has 1 aliphatic rings. The SMILES string of the molecule is c1ccc(-n2cc(CN(Cc3ccccn3)CC3CCCO3)nn2)cc1. The van der Waals surface area contributed by atoms with Crippen molar-refractivity contribution in [2.45, 2.75) is 32.0 Å². The Bertz CT molecular complexity index is 799. The van der Waals surface area contributed by atoms with E-state index in [0.29, 0.717) is 6.10 Å². The molecule has 1 unspecified atom stereocenters. The highest BCUT2D eigenvalue weighted by molar-refractivity contribution is 5.29. The summed E-state index contributed by atoms with van der Waals surface area (Å²) in [7, 11) is 0. The Balaban J connectivity index is 1.47. The summed E-state index contributed by atoms with van der Waals surface area (Å²) in [6, 6.07) is 16.1. The molecule has 1 aliphatic heterocycles. The zero-order valence-electron chi connectivity index (χ0n) is 14.7. The molecule has 6 nitrogen and oxygen atoms in total. The van der Waals surface area contributed by atoms with E-state index >= 15 is 0 Å². The third-order valence-electron chi connectivity index (χ3n) is 4.54. The molecule has 134 valence electrons. The molecule has 3 heterocycles. The summed E-state index contributed by atoms with van der Waals surface area (Å²) < 4.78 is 7.65. The number of pyridine rings is 1. The molecule has 26 heavy (non-hydrogen) atoms. The maximum atomic E-state index is 5.83. The van der Waals surface area contributed by atoms with Gasteiger partial charge in [0.1, 0.15) is 0 Å². The van der Waals surface area contributed by atoms with E-state index in [1.807, 2.05) is 59.5 Å². The van der Waals surface area contributed by atoms with Crippen LogP contribution in [0.1, 0.15) is 24.2 Å². The second-order valence-electron chi connectivity index (χ2n) is 6.62. The predicted octanol–water partition coefficient (Wildman–Crippen LogP) is 2.84. The quantitative estimate of drug-likeness (QED) is 0.656. The van der Waals surface area contributed by atoms with Crippen molar-refractivity contribution in [3.63, 3.8) is 0 Å². The molecule has 4 rings (SSSR count).